The minimum absolute atomic E-state index is 0.210. The van der Waals surface area contributed by atoms with E-state index in [-0.39, 0.29) is 11.5 Å². The minimum atomic E-state index is -0.747. The summed E-state index contributed by atoms with van der Waals surface area (Å²) in [4.78, 5) is 30.3. The quantitative estimate of drug-likeness (QED) is 0.280. The molecule has 0 fully saturated rings. The van der Waals surface area contributed by atoms with Crippen molar-refractivity contribution in [3.63, 3.8) is 0 Å². The highest BCUT2D eigenvalue weighted by Gasteiger charge is 2.38. The molecule has 36 heavy (non-hydrogen) atoms. The molecule has 0 spiro atoms. The summed E-state index contributed by atoms with van der Waals surface area (Å²) in [5.41, 5.74) is 4.31. The van der Waals surface area contributed by atoms with Gasteiger partial charge in [-0.15, -0.1) is 11.3 Å². The number of allylic oxidation sites excluding steroid dienone is 2. The molecule has 0 bridgehead atoms. The number of phenolic OH excluding ortho intramolecular Hbond substituents is 2. The molecule has 0 unspecified atom stereocenters. The molecule has 1 aromatic heterocycles. The molecule has 4 N–H and O–H groups in total. The molecule has 2 aromatic carbocycles. The number of phenols is 2. The summed E-state index contributed by atoms with van der Waals surface area (Å²) < 4.78 is 10.1. The second-order valence-corrected chi connectivity index (χ2v) is 8.93. The number of hydrogen-bond acceptors (Lipinski definition) is 10. The number of carbonyl (C=O) groups excluding carboxylic acids is 2. The third-order valence-corrected chi connectivity index (χ3v) is 6.62. The molecule has 9 nitrogen and oxygen atoms in total. The number of dihydropyridines is 1. The molecule has 1 aliphatic heterocycles. The van der Waals surface area contributed by atoms with Gasteiger partial charge in [-0.25, -0.2) is 14.6 Å². The van der Waals surface area contributed by atoms with Gasteiger partial charge in [0.15, 0.2) is 16.6 Å². The van der Waals surface area contributed by atoms with E-state index in [2.05, 4.69) is 15.6 Å². The lowest BCUT2D eigenvalue weighted by Crippen LogP contribution is -2.32. The summed E-state index contributed by atoms with van der Waals surface area (Å²) in [6, 6.07) is 11.8. The van der Waals surface area contributed by atoms with Crippen molar-refractivity contribution in [2.24, 2.45) is 0 Å². The van der Waals surface area contributed by atoms with Gasteiger partial charge in [0.05, 0.1) is 37.0 Å². The fourth-order valence-corrected chi connectivity index (χ4v) is 4.92. The fraction of sp³-hybridized carbons (Fsp3) is 0.192. The Balaban J connectivity index is 1.77. The maximum Gasteiger partial charge on any atom is 0.336 e. The highest BCUT2D eigenvalue weighted by molar-refractivity contribution is 7.14. The van der Waals surface area contributed by atoms with E-state index < -0.39 is 17.9 Å². The van der Waals surface area contributed by atoms with E-state index in [0.717, 1.165) is 0 Å². The third-order valence-electron chi connectivity index (χ3n) is 5.86. The van der Waals surface area contributed by atoms with Gasteiger partial charge in [0.2, 0.25) is 0 Å². The monoisotopic (exact) mass is 507 g/mol. The zero-order valence-corrected chi connectivity index (χ0v) is 20.9. The Morgan fingerprint density at radius 1 is 0.972 bits per heavy atom. The Kier molecular flexibility index (Phi) is 6.98. The molecule has 0 aliphatic carbocycles. The van der Waals surface area contributed by atoms with Crippen LogP contribution in [0.3, 0.4) is 0 Å². The summed E-state index contributed by atoms with van der Waals surface area (Å²) in [7, 11) is 2.59. The molecule has 4 rings (SSSR count). The number of benzene rings is 2. The average Bonchev–Trinajstić information content (AvgIpc) is 3.33. The molecular formula is C26H25N3O6S. The van der Waals surface area contributed by atoms with Crippen LogP contribution in [0, 0.1) is 0 Å². The summed E-state index contributed by atoms with van der Waals surface area (Å²) in [5, 5.41) is 28.2. The Bertz CT molecular complexity index is 1370. The van der Waals surface area contributed by atoms with E-state index in [1.54, 1.807) is 19.9 Å². The maximum absolute atomic E-state index is 12.8. The number of nitrogens with zero attached hydrogens (tertiary/aromatic N) is 1. The first-order valence-electron chi connectivity index (χ1n) is 10.9. The number of aromatic hydroxyl groups is 2. The highest BCUT2D eigenvalue weighted by atomic mass is 32.1. The molecule has 2 heterocycles. The van der Waals surface area contributed by atoms with E-state index in [4.69, 9.17) is 9.47 Å². The van der Waals surface area contributed by atoms with Gasteiger partial charge in [-0.2, -0.15) is 0 Å². The lowest BCUT2D eigenvalue weighted by atomic mass is 9.79. The molecule has 3 aromatic rings. The topological polar surface area (TPSA) is 130 Å². The zero-order valence-electron chi connectivity index (χ0n) is 20.1. The van der Waals surface area contributed by atoms with Crippen molar-refractivity contribution < 1.29 is 29.3 Å². The predicted molar refractivity (Wildman–Crippen MR) is 136 cm³/mol. The second kappa shape index (κ2) is 10.1. The molecule has 0 saturated heterocycles. The maximum atomic E-state index is 12.8. The van der Waals surface area contributed by atoms with E-state index in [1.807, 2.05) is 29.6 Å². The molecule has 0 amide bonds. The molecule has 186 valence electrons. The van der Waals surface area contributed by atoms with Crippen LogP contribution in [0.1, 0.15) is 25.3 Å². The molecule has 0 radical (unpaired) electrons. The van der Waals surface area contributed by atoms with Crippen LogP contribution in [0.2, 0.25) is 0 Å². The largest absolute Gasteiger partial charge is 0.504 e. The number of para-hydroxylation sites is 1. The standard InChI is InChI=1S/C26H25N3O6S/c1-13-21(24(32)34-3)23(22(14(2)27-13)25(33)35-4)16-7-5-6-8-17(16)28-26-29-18(12-36-26)15-9-10-19(30)20(31)11-15/h5-12,23,27,30-31H,1-4H3,(H,28,29). The number of carbonyl (C=O) groups is 2. The molecule has 1 aliphatic rings. The van der Waals surface area contributed by atoms with Crippen LogP contribution in [-0.2, 0) is 19.1 Å². The van der Waals surface area contributed by atoms with E-state index in [1.165, 1.54) is 37.7 Å². The normalized spacial score (nSPS) is 13.9. The number of thiazole rings is 1. The smallest absolute Gasteiger partial charge is 0.336 e. The Morgan fingerprint density at radius 3 is 2.22 bits per heavy atom. The number of rotatable bonds is 6. The third kappa shape index (κ3) is 4.63. The number of esters is 2. The van der Waals surface area contributed by atoms with E-state index >= 15 is 0 Å². The molecule has 10 heteroatoms. The van der Waals surface area contributed by atoms with Gasteiger partial charge < -0.3 is 30.3 Å². The van der Waals surface area contributed by atoms with Crippen LogP contribution >= 0.6 is 11.3 Å². The lowest BCUT2D eigenvalue weighted by molar-refractivity contribution is -0.137. The zero-order chi connectivity index (χ0) is 26.0. The van der Waals surface area contributed by atoms with Gasteiger partial charge in [0.1, 0.15) is 0 Å². The van der Waals surface area contributed by atoms with Crippen LogP contribution in [0.25, 0.3) is 11.3 Å². The SMILES string of the molecule is COC(=O)C1=C(C)NC(C)=C(C(=O)OC)C1c1ccccc1Nc1nc(-c2ccc(O)c(O)c2)cs1. The van der Waals surface area contributed by atoms with Gasteiger partial charge in [-0.3, -0.25) is 0 Å². The van der Waals surface area contributed by atoms with Crippen molar-refractivity contribution in [3.8, 4) is 22.8 Å². The first-order chi connectivity index (χ1) is 17.2. The van der Waals surface area contributed by atoms with Gasteiger partial charge >= 0.3 is 11.9 Å². The van der Waals surface area contributed by atoms with Crippen LogP contribution in [0.5, 0.6) is 11.5 Å². The first-order valence-corrected chi connectivity index (χ1v) is 11.8. The van der Waals surface area contributed by atoms with Crippen molar-refractivity contribution in [3.05, 3.63) is 75.9 Å². The Morgan fingerprint density at radius 2 is 1.61 bits per heavy atom. The number of anilines is 2. The summed E-state index contributed by atoms with van der Waals surface area (Å²) in [6.07, 6.45) is 0. The number of hydrogen-bond donors (Lipinski definition) is 4. The Labute approximate surface area is 211 Å². The van der Waals surface area contributed by atoms with Crippen molar-refractivity contribution in [2.75, 3.05) is 19.5 Å². The van der Waals surface area contributed by atoms with Crippen molar-refractivity contribution >= 4 is 34.1 Å². The molecule has 0 atom stereocenters. The molecular weight excluding hydrogens is 482 g/mol. The van der Waals surface area contributed by atoms with Gasteiger partial charge in [0, 0.05) is 28.0 Å². The highest BCUT2D eigenvalue weighted by Crippen LogP contribution is 2.43. The minimum Gasteiger partial charge on any atom is -0.504 e. The van der Waals surface area contributed by atoms with Crippen molar-refractivity contribution in [2.45, 2.75) is 19.8 Å². The second-order valence-electron chi connectivity index (χ2n) is 8.07. The fourth-order valence-electron chi connectivity index (χ4n) is 4.19. The van der Waals surface area contributed by atoms with Crippen molar-refractivity contribution in [1.82, 2.24) is 10.3 Å². The predicted octanol–water partition coefficient (Wildman–Crippen LogP) is 4.55. The lowest BCUT2D eigenvalue weighted by Gasteiger charge is -2.31. The number of aromatic nitrogens is 1. The van der Waals surface area contributed by atoms with Gasteiger partial charge in [-0.05, 0) is 43.7 Å². The number of methoxy groups -OCH3 is 2. The Hall–Kier alpha value is -4.31. The van der Waals surface area contributed by atoms with Crippen LogP contribution in [0.15, 0.2) is 70.4 Å². The van der Waals surface area contributed by atoms with Crippen molar-refractivity contribution in [1.29, 1.82) is 0 Å². The van der Waals surface area contributed by atoms with Crippen LogP contribution < -0.4 is 10.6 Å². The number of ether oxygens (including phenoxy) is 2. The average molecular weight is 508 g/mol. The first kappa shape index (κ1) is 24.8. The van der Waals surface area contributed by atoms with Crippen LogP contribution in [-0.4, -0.2) is 41.4 Å². The molecule has 0 saturated carbocycles. The van der Waals surface area contributed by atoms with E-state index in [0.29, 0.717) is 50.2 Å². The summed E-state index contributed by atoms with van der Waals surface area (Å²) >= 11 is 1.34. The van der Waals surface area contributed by atoms with Crippen LogP contribution in [0.4, 0.5) is 10.8 Å². The summed E-state index contributed by atoms with van der Waals surface area (Å²) in [6.45, 7) is 3.51. The van der Waals surface area contributed by atoms with Gasteiger partial charge in [-0.1, -0.05) is 18.2 Å². The van der Waals surface area contributed by atoms with Gasteiger partial charge in [0.25, 0.3) is 0 Å². The summed E-state index contributed by atoms with van der Waals surface area (Å²) in [5.74, 6) is -2.31. The van der Waals surface area contributed by atoms with E-state index in [9.17, 15) is 19.8 Å². The number of nitrogens with one attached hydrogen (secondary N) is 2.